The Morgan fingerprint density at radius 2 is 1.78 bits per heavy atom. The molecule has 0 saturated heterocycles. The Hall–Kier alpha value is -4.43. The van der Waals surface area contributed by atoms with Crippen molar-refractivity contribution in [2.24, 2.45) is 5.92 Å². The van der Waals surface area contributed by atoms with Crippen molar-refractivity contribution >= 4 is 29.0 Å². The van der Waals surface area contributed by atoms with E-state index in [2.05, 4.69) is 5.32 Å². The predicted octanol–water partition coefficient (Wildman–Crippen LogP) is 6.15. The maximum absolute atomic E-state index is 13.7. The van der Waals surface area contributed by atoms with Crippen LogP contribution in [0.4, 0.5) is 5.69 Å². The summed E-state index contributed by atoms with van der Waals surface area (Å²) in [6, 6.07) is 22.2. The van der Waals surface area contributed by atoms with E-state index in [-0.39, 0.29) is 22.8 Å². The molecule has 1 aliphatic rings. The molecule has 1 heterocycles. The highest BCUT2D eigenvalue weighted by Crippen LogP contribution is 2.35. The summed E-state index contributed by atoms with van der Waals surface area (Å²) in [5.41, 5.74) is 2.93. The topological polar surface area (TPSA) is 111 Å². The second kappa shape index (κ2) is 12.4. The summed E-state index contributed by atoms with van der Waals surface area (Å²) in [7, 11) is 0. The van der Waals surface area contributed by atoms with E-state index in [0.717, 1.165) is 18.4 Å². The lowest BCUT2D eigenvalue weighted by atomic mass is 9.98. The number of aromatic carboxylic acids is 1. The van der Waals surface area contributed by atoms with Gasteiger partial charge in [-0.25, -0.2) is 9.48 Å². The zero-order chi connectivity index (χ0) is 28.9. The van der Waals surface area contributed by atoms with Gasteiger partial charge in [0.2, 0.25) is 5.88 Å². The SMILES string of the molecule is CC(=O)c1ccc(Cl)cc1-c1cc(=O)n([C@H](CNc2ccc(C(=O)O)cc2)Cc2ccccc2)nc1OCC1CC1. The number of anilines is 1. The summed E-state index contributed by atoms with van der Waals surface area (Å²) in [5.74, 6) is -0.452. The van der Waals surface area contributed by atoms with Gasteiger partial charge in [0.15, 0.2) is 5.78 Å². The molecule has 2 N–H and O–H groups in total. The normalized spacial score (nSPS) is 13.4. The molecule has 0 unspecified atom stereocenters. The molecule has 1 fully saturated rings. The molecular formula is C32H30ClN3O5. The van der Waals surface area contributed by atoms with Crippen molar-refractivity contribution in [3.63, 3.8) is 0 Å². The molecule has 1 aliphatic carbocycles. The van der Waals surface area contributed by atoms with Crippen LogP contribution >= 0.6 is 11.6 Å². The highest BCUT2D eigenvalue weighted by Gasteiger charge is 2.26. The molecule has 3 aromatic carbocycles. The lowest BCUT2D eigenvalue weighted by molar-refractivity contribution is 0.0696. The van der Waals surface area contributed by atoms with Crippen LogP contribution in [-0.2, 0) is 6.42 Å². The number of halogens is 1. The number of Topliss-reactive ketones (excluding diaryl/α,β-unsaturated/α-hetero) is 1. The van der Waals surface area contributed by atoms with Crippen LogP contribution in [0.5, 0.6) is 5.88 Å². The van der Waals surface area contributed by atoms with Crippen LogP contribution in [0.25, 0.3) is 11.1 Å². The number of benzene rings is 3. The number of nitrogens with zero attached hydrogens (tertiary/aromatic N) is 2. The summed E-state index contributed by atoms with van der Waals surface area (Å²) in [5, 5.41) is 17.7. The highest BCUT2D eigenvalue weighted by molar-refractivity contribution is 6.31. The smallest absolute Gasteiger partial charge is 0.335 e. The third-order valence-corrected chi connectivity index (χ3v) is 7.30. The van der Waals surface area contributed by atoms with Crippen LogP contribution in [-0.4, -0.2) is 39.8 Å². The number of rotatable bonds is 12. The van der Waals surface area contributed by atoms with Crippen molar-refractivity contribution in [2.45, 2.75) is 32.2 Å². The molecule has 0 amide bonds. The molecule has 8 nitrogen and oxygen atoms in total. The van der Waals surface area contributed by atoms with Crippen molar-refractivity contribution in [2.75, 3.05) is 18.5 Å². The minimum atomic E-state index is -0.999. The molecule has 1 atom stereocenters. The fourth-order valence-electron chi connectivity index (χ4n) is 4.64. The minimum Gasteiger partial charge on any atom is -0.478 e. The van der Waals surface area contributed by atoms with Crippen molar-refractivity contribution in [1.29, 1.82) is 0 Å². The Morgan fingerprint density at radius 3 is 2.44 bits per heavy atom. The van der Waals surface area contributed by atoms with E-state index < -0.39 is 12.0 Å². The fraction of sp³-hybridized carbons (Fsp3) is 0.250. The van der Waals surface area contributed by atoms with E-state index in [0.29, 0.717) is 52.9 Å². The predicted molar refractivity (Wildman–Crippen MR) is 158 cm³/mol. The van der Waals surface area contributed by atoms with Gasteiger partial charge < -0.3 is 15.2 Å². The molecule has 5 rings (SSSR count). The van der Waals surface area contributed by atoms with Crippen LogP contribution in [0.2, 0.25) is 5.02 Å². The average Bonchev–Trinajstić information content (AvgIpc) is 3.80. The largest absolute Gasteiger partial charge is 0.478 e. The molecule has 0 spiro atoms. The Bertz CT molecular complexity index is 1620. The quantitative estimate of drug-likeness (QED) is 0.196. The fourth-order valence-corrected chi connectivity index (χ4v) is 4.81. The molecule has 0 bridgehead atoms. The summed E-state index contributed by atoms with van der Waals surface area (Å²) in [6.45, 7) is 2.27. The maximum Gasteiger partial charge on any atom is 0.335 e. The van der Waals surface area contributed by atoms with Gasteiger partial charge in [0.05, 0.1) is 23.8 Å². The van der Waals surface area contributed by atoms with Gasteiger partial charge >= 0.3 is 5.97 Å². The molecular weight excluding hydrogens is 542 g/mol. The zero-order valence-electron chi connectivity index (χ0n) is 22.5. The number of carbonyl (C=O) groups excluding carboxylic acids is 1. The summed E-state index contributed by atoms with van der Waals surface area (Å²) >= 11 is 6.30. The maximum atomic E-state index is 13.7. The van der Waals surface area contributed by atoms with E-state index in [1.165, 1.54) is 29.8 Å². The van der Waals surface area contributed by atoms with E-state index in [1.807, 2.05) is 30.3 Å². The molecule has 4 aromatic rings. The van der Waals surface area contributed by atoms with Crippen LogP contribution in [0.15, 0.2) is 83.7 Å². The van der Waals surface area contributed by atoms with Gasteiger partial charge in [-0.2, -0.15) is 0 Å². The first kappa shape index (κ1) is 28.1. The van der Waals surface area contributed by atoms with Gasteiger partial charge in [-0.15, -0.1) is 5.10 Å². The molecule has 9 heteroatoms. The molecule has 1 saturated carbocycles. The first-order valence-electron chi connectivity index (χ1n) is 13.5. The van der Waals surface area contributed by atoms with Gasteiger partial charge in [-0.3, -0.25) is 9.59 Å². The van der Waals surface area contributed by atoms with Crippen molar-refractivity contribution in [1.82, 2.24) is 9.78 Å². The monoisotopic (exact) mass is 571 g/mol. The highest BCUT2D eigenvalue weighted by atomic mass is 35.5. The Morgan fingerprint density at radius 1 is 1.05 bits per heavy atom. The number of aromatic nitrogens is 2. The number of hydrogen-bond acceptors (Lipinski definition) is 6. The van der Waals surface area contributed by atoms with Crippen LogP contribution in [0, 0.1) is 5.92 Å². The number of hydrogen-bond donors (Lipinski definition) is 2. The van der Waals surface area contributed by atoms with Crippen LogP contribution in [0.3, 0.4) is 0 Å². The zero-order valence-corrected chi connectivity index (χ0v) is 23.3. The number of ether oxygens (including phenoxy) is 1. The third kappa shape index (κ3) is 7.02. The van der Waals surface area contributed by atoms with E-state index >= 15 is 0 Å². The van der Waals surface area contributed by atoms with Crippen molar-refractivity contribution < 1.29 is 19.4 Å². The number of carbonyl (C=O) groups is 2. The summed E-state index contributed by atoms with van der Waals surface area (Å²) in [6.07, 6.45) is 2.66. The van der Waals surface area contributed by atoms with Crippen LogP contribution < -0.4 is 15.6 Å². The molecule has 0 aliphatic heterocycles. The first-order valence-corrected chi connectivity index (χ1v) is 13.8. The van der Waals surface area contributed by atoms with Crippen LogP contribution in [0.1, 0.15) is 52.1 Å². The molecule has 0 radical (unpaired) electrons. The van der Waals surface area contributed by atoms with Gasteiger partial charge in [0, 0.05) is 28.9 Å². The third-order valence-electron chi connectivity index (χ3n) is 7.06. The molecule has 210 valence electrons. The van der Waals surface area contributed by atoms with Gasteiger partial charge in [0.25, 0.3) is 5.56 Å². The number of nitrogens with one attached hydrogen (secondary N) is 1. The van der Waals surface area contributed by atoms with E-state index in [1.54, 1.807) is 30.3 Å². The average molecular weight is 572 g/mol. The second-order valence-corrected chi connectivity index (χ2v) is 10.7. The second-order valence-electron chi connectivity index (χ2n) is 10.3. The first-order chi connectivity index (χ1) is 19.8. The van der Waals surface area contributed by atoms with Crippen molar-refractivity contribution in [3.8, 4) is 17.0 Å². The number of carboxylic acids is 1. The summed E-state index contributed by atoms with van der Waals surface area (Å²) < 4.78 is 7.61. The van der Waals surface area contributed by atoms with Crippen molar-refractivity contribution in [3.05, 3.63) is 111 Å². The molecule has 41 heavy (non-hydrogen) atoms. The Balaban J connectivity index is 1.54. The number of ketones is 1. The van der Waals surface area contributed by atoms with Gasteiger partial charge in [-0.05, 0) is 85.7 Å². The Kier molecular flexibility index (Phi) is 8.50. The Labute approximate surface area is 242 Å². The standard InChI is InChI=1S/C32H30ClN3O5/c1-20(37)27-14-11-24(33)16-28(27)29-17-30(38)36(35-31(29)41-19-22-7-8-22)26(15-21-5-3-2-4-6-21)18-34-25-12-9-23(10-13-25)32(39)40/h2-6,9-14,16-17,22,26,34H,7-8,15,18-19H2,1H3,(H,39,40)/t26-/m0/s1. The van der Waals surface area contributed by atoms with E-state index in [9.17, 15) is 19.5 Å². The van der Waals surface area contributed by atoms with Gasteiger partial charge in [-0.1, -0.05) is 41.9 Å². The minimum absolute atomic E-state index is 0.158. The lowest BCUT2D eigenvalue weighted by Gasteiger charge is -2.22. The lowest BCUT2D eigenvalue weighted by Crippen LogP contribution is -2.33. The number of carboxylic acid groups (broad SMARTS) is 1. The molecule has 1 aromatic heterocycles. The van der Waals surface area contributed by atoms with Gasteiger partial charge in [0.1, 0.15) is 0 Å². The van der Waals surface area contributed by atoms with E-state index in [4.69, 9.17) is 21.4 Å². The summed E-state index contributed by atoms with van der Waals surface area (Å²) in [4.78, 5) is 37.4.